The van der Waals surface area contributed by atoms with Gasteiger partial charge in [0.15, 0.2) is 0 Å². The van der Waals surface area contributed by atoms with E-state index in [0.717, 1.165) is 11.1 Å². The van der Waals surface area contributed by atoms with Crippen LogP contribution >= 0.6 is 0 Å². The summed E-state index contributed by atoms with van der Waals surface area (Å²) in [5.41, 5.74) is 1.99. The predicted molar refractivity (Wildman–Crippen MR) is 64.0 cm³/mol. The fourth-order valence-corrected chi connectivity index (χ4v) is 1.26. The van der Waals surface area contributed by atoms with Crippen LogP contribution in [0.25, 0.3) is 11.1 Å². The summed E-state index contributed by atoms with van der Waals surface area (Å²) in [4.78, 5) is 8.90. The zero-order valence-corrected chi connectivity index (χ0v) is 10.3. The van der Waals surface area contributed by atoms with E-state index >= 15 is 0 Å². The largest absolute Gasteiger partial charge is 0.508 e. The number of aromatic hydroxyl groups is 1. The van der Waals surface area contributed by atoms with Gasteiger partial charge in [-0.1, -0.05) is 12.1 Å². The Morgan fingerprint density at radius 2 is 1.90 bits per heavy atom. The van der Waals surface area contributed by atoms with E-state index in [1.807, 2.05) is 25.4 Å². The number of hydrogen-bond donors (Lipinski definition) is 2. The Bertz CT molecular complexity index is 594. The molecule has 0 atom stereocenters. The van der Waals surface area contributed by atoms with Crippen LogP contribution in [0.3, 0.4) is 0 Å². The topological polar surface area (TPSA) is 75.3 Å². The van der Waals surface area contributed by atoms with Crippen molar-refractivity contribution in [1.82, 2.24) is 9.78 Å². The summed E-state index contributed by atoms with van der Waals surface area (Å²) in [5.74, 6) is -2.48. The number of aliphatic carboxylic acids is 1. The molecule has 20 heavy (non-hydrogen) atoms. The highest BCUT2D eigenvalue weighted by atomic mass is 19.4. The molecule has 2 aromatic rings. The quantitative estimate of drug-likeness (QED) is 0.845. The van der Waals surface area contributed by atoms with Gasteiger partial charge < -0.3 is 10.2 Å². The Morgan fingerprint density at radius 3 is 2.30 bits per heavy atom. The molecule has 2 N–H and O–H groups in total. The zero-order valence-electron chi connectivity index (χ0n) is 10.3. The summed E-state index contributed by atoms with van der Waals surface area (Å²) in [6.07, 6.45) is -1.40. The lowest BCUT2D eigenvalue weighted by molar-refractivity contribution is -0.192. The Morgan fingerprint density at radius 1 is 1.30 bits per heavy atom. The number of carboxylic acid groups (broad SMARTS) is 1. The Hall–Kier alpha value is -2.51. The first-order chi connectivity index (χ1) is 9.20. The number of rotatable bonds is 1. The molecule has 0 spiro atoms. The molecule has 0 amide bonds. The molecule has 1 heterocycles. The summed E-state index contributed by atoms with van der Waals surface area (Å²) in [6, 6.07) is 7.13. The van der Waals surface area contributed by atoms with Gasteiger partial charge in [-0.25, -0.2) is 4.79 Å². The van der Waals surface area contributed by atoms with Gasteiger partial charge in [0.1, 0.15) is 5.75 Å². The number of phenols is 1. The fraction of sp³-hybridized carbons (Fsp3) is 0.167. The molecule has 0 unspecified atom stereocenters. The van der Waals surface area contributed by atoms with Crippen molar-refractivity contribution in [1.29, 1.82) is 0 Å². The van der Waals surface area contributed by atoms with Crippen LogP contribution in [-0.2, 0) is 11.8 Å². The normalized spacial score (nSPS) is 10.6. The first-order valence-corrected chi connectivity index (χ1v) is 5.28. The average Bonchev–Trinajstić information content (AvgIpc) is 2.75. The van der Waals surface area contributed by atoms with Crippen molar-refractivity contribution < 1.29 is 28.2 Å². The molecule has 2 rings (SSSR count). The van der Waals surface area contributed by atoms with Crippen molar-refractivity contribution in [2.45, 2.75) is 6.18 Å². The van der Waals surface area contributed by atoms with Gasteiger partial charge in [-0.2, -0.15) is 18.3 Å². The summed E-state index contributed by atoms with van der Waals surface area (Å²) < 4.78 is 33.5. The van der Waals surface area contributed by atoms with Crippen molar-refractivity contribution in [3.8, 4) is 16.9 Å². The van der Waals surface area contributed by atoms with E-state index in [0.29, 0.717) is 0 Å². The second-order valence-electron chi connectivity index (χ2n) is 3.76. The molecule has 1 aromatic carbocycles. The number of aromatic nitrogens is 2. The van der Waals surface area contributed by atoms with Gasteiger partial charge in [-0.15, -0.1) is 0 Å². The second kappa shape index (κ2) is 6.09. The predicted octanol–water partition coefficient (Wildman–Crippen LogP) is 2.43. The molecule has 0 bridgehead atoms. The summed E-state index contributed by atoms with van der Waals surface area (Å²) in [5, 5.41) is 20.4. The summed E-state index contributed by atoms with van der Waals surface area (Å²) in [7, 11) is 1.87. The molecule has 0 radical (unpaired) electrons. The average molecular weight is 288 g/mol. The Balaban J connectivity index is 0.000000246. The van der Waals surface area contributed by atoms with E-state index in [1.54, 1.807) is 23.0 Å². The third-order valence-corrected chi connectivity index (χ3v) is 2.13. The maximum Gasteiger partial charge on any atom is 0.490 e. The van der Waals surface area contributed by atoms with Crippen LogP contribution in [0.5, 0.6) is 5.75 Å². The zero-order chi connectivity index (χ0) is 15.3. The maximum atomic E-state index is 10.6. The minimum Gasteiger partial charge on any atom is -0.508 e. The Kier molecular flexibility index (Phi) is 4.73. The number of nitrogens with zero attached hydrogens (tertiary/aromatic N) is 2. The smallest absolute Gasteiger partial charge is 0.490 e. The lowest BCUT2D eigenvalue weighted by Gasteiger charge is -1.96. The van der Waals surface area contributed by atoms with Gasteiger partial charge in [-0.3, -0.25) is 4.68 Å². The molecule has 0 aliphatic carbocycles. The number of halogens is 3. The van der Waals surface area contributed by atoms with E-state index in [2.05, 4.69) is 5.10 Å². The molecule has 0 fully saturated rings. The minimum absolute atomic E-state index is 0.279. The number of hydrogen-bond acceptors (Lipinski definition) is 3. The van der Waals surface area contributed by atoms with Crippen LogP contribution in [0.2, 0.25) is 0 Å². The standard InChI is InChI=1S/C10H10N2O.C2HF3O2/c1-12-7-9(6-11-12)8-3-2-4-10(13)5-8;3-2(4,5)1(6)7/h2-7,13H,1H3;(H,6,7). The van der Waals surface area contributed by atoms with Crippen molar-refractivity contribution in [2.75, 3.05) is 0 Å². The number of phenolic OH excluding ortho intramolecular Hbond substituents is 1. The summed E-state index contributed by atoms with van der Waals surface area (Å²) in [6.45, 7) is 0. The van der Waals surface area contributed by atoms with Crippen molar-refractivity contribution >= 4 is 5.97 Å². The highest BCUT2D eigenvalue weighted by Crippen LogP contribution is 2.21. The van der Waals surface area contributed by atoms with Gasteiger partial charge in [0.2, 0.25) is 0 Å². The number of alkyl halides is 3. The number of aryl methyl sites for hydroxylation is 1. The number of carboxylic acids is 1. The minimum atomic E-state index is -5.08. The second-order valence-corrected chi connectivity index (χ2v) is 3.76. The molecule has 1 aromatic heterocycles. The number of benzene rings is 1. The van der Waals surface area contributed by atoms with Crippen molar-refractivity contribution in [3.05, 3.63) is 36.7 Å². The number of carbonyl (C=O) groups is 1. The van der Waals surface area contributed by atoms with Crippen LogP contribution in [0.15, 0.2) is 36.7 Å². The SMILES string of the molecule is Cn1cc(-c2cccc(O)c2)cn1.O=C(O)C(F)(F)F. The molecule has 0 aliphatic rings. The van der Waals surface area contributed by atoms with E-state index < -0.39 is 12.1 Å². The highest BCUT2D eigenvalue weighted by molar-refractivity contribution is 5.73. The maximum absolute atomic E-state index is 10.6. The lowest BCUT2D eigenvalue weighted by Crippen LogP contribution is -2.21. The molecular formula is C12H11F3N2O3. The van der Waals surface area contributed by atoms with Gasteiger partial charge in [0.25, 0.3) is 0 Å². The van der Waals surface area contributed by atoms with Gasteiger partial charge >= 0.3 is 12.1 Å². The van der Waals surface area contributed by atoms with Gasteiger partial charge in [0, 0.05) is 18.8 Å². The third kappa shape index (κ3) is 4.63. The Labute approximate surface area is 111 Å². The van der Waals surface area contributed by atoms with E-state index in [4.69, 9.17) is 9.90 Å². The van der Waals surface area contributed by atoms with Gasteiger partial charge in [0.05, 0.1) is 6.20 Å². The monoisotopic (exact) mass is 288 g/mol. The molecule has 5 nitrogen and oxygen atoms in total. The van der Waals surface area contributed by atoms with Gasteiger partial charge in [-0.05, 0) is 17.7 Å². The molecule has 8 heteroatoms. The highest BCUT2D eigenvalue weighted by Gasteiger charge is 2.38. The van der Waals surface area contributed by atoms with E-state index in [-0.39, 0.29) is 5.75 Å². The van der Waals surface area contributed by atoms with Crippen molar-refractivity contribution in [2.24, 2.45) is 7.05 Å². The first kappa shape index (κ1) is 15.5. The van der Waals surface area contributed by atoms with E-state index in [9.17, 15) is 18.3 Å². The van der Waals surface area contributed by atoms with Crippen LogP contribution in [0.4, 0.5) is 13.2 Å². The van der Waals surface area contributed by atoms with Crippen LogP contribution in [0, 0.1) is 0 Å². The molecule has 0 saturated carbocycles. The molecule has 108 valence electrons. The van der Waals surface area contributed by atoms with Crippen LogP contribution in [-0.4, -0.2) is 32.1 Å². The lowest BCUT2D eigenvalue weighted by atomic mass is 10.1. The fourth-order valence-electron chi connectivity index (χ4n) is 1.26. The van der Waals surface area contributed by atoms with E-state index in [1.165, 1.54) is 0 Å². The third-order valence-electron chi connectivity index (χ3n) is 2.13. The van der Waals surface area contributed by atoms with Crippen LogP contribution in [0.1, 0.15) is 0 Å². The van der Waals surface area contributed by atoms with Crippen LogP contribution < -0.4 is 0 Å². The molecule has 0 saturated heterocycles. The first-order valence-electron chi connectivity index (χ1n) is 5.28. The van der Waals surface area contributed by atoms with Crippen molar-refractivity contribution in [3.63, 3.8) is 0 Å². The summed E-state index contributed by atoms with van der Waals surface area (Å²) >= 11 is 0. The molecule has 0 aliphatic heterocycles. The molecular weight excluding hydrogens is 277 g/mol.